The van der Waals surface area contributed by atoms with Crippen molar-refractivity contribution in [2.24, 2.45) is 0 Å². The van der Waals surface area contributed by atoms with Crippen LogP contribution in [0.1, 0.15) is 20.8 Å². The average molecular weight is 283 g/mol. The smallest absolute Gasteiger partial charge is 0.233 e. The first kappa shape index (κ1) is 15.7. The van der Waals surface area contributed by atoms with Crippen LogP contribution in [-0.2, 0) is 4.79 Å². The predicted molar refractivity (Wildman–Crippen MR) is 78.1 cm³/mol. The summed E-state index contributed by atoms with van der Waals surface area (Å²) in [6.45, 7) is 5.79. The van der Waals surface area contributed by atoms with Crippen molar-refractivity contribution in [1.82, 2.24) is 5.32 Å². The number of hydrogen-bond donors (Lipinski definition) is 1. The van der Waals surface area contributed by atoms with Crippen molar-refractivity contribution in [1.29, 1.82) is 0 Å². The van der Waals surface area contributed by atoms with E-state index in [1.807, 2.05) is 39.0 Å². The highest BCUT2D eigenvalue weighted by atomic mass is 32.2. The van der Waals surface area contributed by atoms with Crippen molar-refractivity contribution in [3.63, 3.8) is 0 Å². The van der Waals surface area contributed by atoms with Crippen LogP contribution in [0.15, 0.2) is 23.1 Å². The zero-order valence-corrected chi connectivity index (χ0v) is 12.8. The summed E-state index contributed by atoms with van der Waals surface area (Å²) >= 11 is 1.49. The quantitative estimate of drug-likeness (QED) is 0.816. The number of carbonyl (C=O) groups is 1. The van der Waals surface area contributed by atoms with Crippen LogP contribution in [0.25, 0.3) is 0 Å². The summed E-state index contributed by atoms with van der Waals surface area (Å²) in [6.07, 6.45) is 0. The van der Waals surface area contributed by atoms with Gasteiger partial charge in [0.25, 0.3) is 0 Å². The number of carbonyl (C=O) groups excluding carboxylic acids is 1. The summed E-state index contributed by atoms with van der Waals surface area (Å²) in [7, 11) is 3.20. The van der Waals surface area contributed by atoms with Crippen LogP contribution in [-0.4, -0.2) is 31.4 Å². The lowest BCUT2D eigenvalue weighted by Gasteiger charge is -2.15. The fourth-order valence-electron chi connectivity index (χ4n) is 1.55. The van der Waals surface area contributed by atoms with Gasteiger partial charge in [0.05, 0.1) is 19.5 Å². The molecule has 0 aromatic heterocycles. The van der Waals surface area contributed by atoms with E-state index < -0.39 is 0 Å². The van der Waals surface area contributed by atoms with Gasteiger partial charge >= 0.3 is 0 Å². The number of ether oxygens (including phenoxy) is 2. The van der Waals surface area contributed by atoms with Gasteiger partial charge in [0, 0.05) is 10.9 Å². The molecule has 5 heteroatoms. The van der Waals surface area contributed by atoms with E-state index in [1.54, 1.807) is 14.2 Å². The Bertz CT molecular complexity index is 435. The van der Waals surface area contributed by atoms with Gasteiger partial charge in [-0.15, -0.1) is 11.8 Å². The summed E-state index contributed by atoms with van der Waals surface area (Å²) in [6, 6.07) is 5.79. The van der Waals surface area contributed by atoms with Gasteiger partial charge in [-0.3, -0.25) is 4.79 Å². The average Bonchev–Trinajstić information content (AvgIpc) is 2.37. The van der Waals surface area contributed by atoms with Crippen molar-refractivity contribution in [3.05, 3.63) is 18.2 Å². The van der Waals surface area contributed by atoms with Gasteiger partial charge in [0.15, 0.2) is 11.5 Å². The van der Waals surface area contributed by atoms with Gasteiger partial charge in [0.1, 0.15) is 0 Å². The maximum atomic E-state index is 11.8. The molecule has 1 amide bonds. The topological polar surface area (TPSA) is 47.6 Å². The maximum Gasteiger partial charge on any atom is 0.233 e. The SMILES string of the molecule is COc1ccc(S[C@@H](C)C(=O)NC(C)C)cc1OC. The largest absolute Gasteiger partial charge is 0.493 e. The molecule has 106 valence electrons. The highest BCUT2D eigenvalue weighted by Crippen LogP contribution is 2.33. The Morgan fingerprint density at radius 1 is 1.16 bits per heavy atom. The molecule has 0 saturated heterocycles. The lowest BCUT2D eigenvalue weighted by atomic mass is 10.3. The normalized spacial score (nSPS) is 12.1. The first-order valence-corrected chi connectivity index (χ1v) is 7.05. The van der Waals surface area contributed by atoms with Gasteiger partial charge in [-0.25, -0.2) is 0 Å². The summed E-state index contributed by atoms with van der Waals surface area (Å²) in [5.74, 6) is 1.39. The predicted octanol–water partition coefficient (Wildman–Crippen LogP) is 2.71. The van der Waals surface area contributed by atoms with Crippen molar-refractivity contribution in [3.8, 4) is 11.5 Å². The Kier molecular flexibility index (Phi) is 6.02. The van der Waals surface area contributed by atoms with Crippen molar-refractivity contribution < 1.29 is 14.3 Å². The summed E-state index contributed by atoms with van der Waals surface area (Å²) in [5, 5.41) is 2.75. The number of nitrogens with one attached hydrogen (secondary N) is 1. The Morgan fingerprint density at radius 3 is 2.32 bits per heavy atom. The van der Waals surface area contributed by atoms with Crippen LogP contribution < -0.4 is 14.8 Å². The van der Waals surface area contributed by atoms with Crippen molar-refractivity contribution >= 4 is 17.7 Å². The second kappa shape index (κ2) is 7.28. The van der Waals surface area contributed by atoms with Crippen LogP contribution in [0.4, 0.5) is 0 Å². The zero-order valence-electron chi connectivity index (χ0n) is 12.0. The molecule has 0 spiro atoms. The number of hydrogen-bond acceptors (Lipinski definition) is 4. The Labute approximate surface area is 118 Å². The van der Waals surface area contributed by atoms with E-state index in [9.17, 15) is 4.79 Å². The summed E-state index contributed by atoms with van der Waals surface area (Å²) < 4.78 is 10.4. The van der Waals surface area contributed by atoms with Gasteiger partial charge < -0.3 is 14.8 Å². The van der Waals surface area contributed by atoms with Gasteiger partial charge in [-0.05, 0) is 39.0 Å². The third kappa shape index (κ3) is 4.67. The molecule has 1 aromatic rings. The summed E-state index contributed by atoms with van der Waals surface area (Å²) in [5.41, 5.74) is 0. The van der Waals surface area contributed by atoms with Crippen LogP contribution in [0.5, 0.6) is 11.5 Å². The minimum absolute atomic E-state index is 0.0368. The molecule has 1 N–H and O–H groups in total. The number of amides is 1. The lowest BCUT2D eigenvalue weighted by Crippen LogP contribution is -2.35. The molecule has 0 radical (unpaired) electrons. The molecule has 1 rings (SSSR count). The third-order valence-corrected chi connectivity index (χ3v) is 3.56. The van der Waals surface area contributed by atoms with Gasteiger partial charge in [0.2, 0.25) is 5.91 Å². The molecule has 4 nitrogen and oxygen atoms in total. The van der Waals surface area contributed by atoms with Crippen LogP contribution in [0.3, 0.4) is 0 Å². The van der Waals surface area contributed by atoms with E-state index in [2.05, 4.69) is 5.32 Å². The summed E-state index contributed by atoms with van der Waals surface area (Å²) in [4.78, 5) is 12.8. The van der Waals surface area contributed by atoms with E-state index in [-0.39, 0.29) is 17.2 Å². The monoisotopic (exact) mass is 283 g/mol. The highest BCUT2D eigenvalue weighted by Gasteiger charge is 2.16. The molecule has 0 saturated carbocycles. The van der Waals surface area contributed by atoms with E-state index in [1.165, 1.54) is 11.8 Å². The van der Waals surface area contributed by atoms with Crippen LogP contribution in [0, 0.1) is 0 Å². The molecule has 0 aliphatic rings. The first-order valence-electron chi connectivity index (χ1n) is 6.17. The molecule has 0 bridgehead atoms. The number of methoxy groups -OCH3 is 2. The molecular formula is C14H21NO3S. The highest BCUT2D eigenvalue weighted by molar-refractivity contribution is 8.00. The molecule has 0 heterocycles. The van der Waals surface area contributed by atoms with E-state index in [4.69, 9.17) is 9.47 Å². The standard InChI is InChI=1S/C14H21NO3S/c1-9(2)15-14(16)10(3)19-11-6-7-12(17-4)13(8-11)18-5/h6-10H,1-5H3,(H,15,16)/t10-/m0/s1. The van der Waals surface area contributed by atoms with Gasteiger partial charge in [-0.1, -0.05) is 0 Å². The minimum atomic E-state index is -0.152. The van der Waals surface area contributed by atoms with Crippen LogP contribution >= 0.6 is 11.8 Å². The zero-order chi connectivity index (χ0) is 14.4. The molecule has 1 aromatic carbocycles. The lowest BCUT2D eigenvalue weighted by molar-refractivity contribution is -0.120. The fourth-order valence-corrected chi connectivity index (χ4v) is 2.45. The Hall–Kier alpha value is -1.36. The molecule has 0 unspecified atom stereocenters. The first-order chi connectivity index (χ1) is 8.97. The molecule has 0 aliphatic heterocycles. The van der Waals surface area contributed by atoms with E-state index in [0.717, 1.165) is 4.90 Å². The Balaban J connectivity index is 2.74. The molecule has 0 aliphatic carbocycles. The van der Waals surface area contributed by atoms with Crippen LogP contribution in [0.2, 0.25) is 0 Å². The third-order valence-electron chi connectivity index (χ3n) is 2.47. The van der Waals surface area contributed by atoms with Crippen molar-refractivity contribution in [2.45, 2.75) is 37.0 Å². The number of benzene rings is 1. The second-order valence-electron chi connectivity index (χ2n) is 4.44. The second-order valence-corrected chi connectivity index (χ2v) is 5.85. The Morgan fingerprint density at radius 2 is 1.79 bits per heavy atom. The van der Waals surface area contributed by atoms with E-state index >= 15 is 0 Å². The minimum Gasteiger partial charge on any atom is -0.493 e. The molecular weight excluding hydrogens is 262 g/mol. The maximum absolute atomic E-state index is 11.8. The molecule has 1 atom stereocenters. The van der Waals surface area contributed by atoms with Gasteiger partial charge in [-0.2, -0.15) is 0 Å². The molecule has 0 fully saturated rings. The fraction of sp³-hybridized carbons (Fsp3) is 0.500. The van der Waals surface area contributed by atoms with E-state index in [0.29, 0.717) is 11.5 Å². The number of thioether (sulfide) groups is 1. The molecule has 19 heavy (non-hydrogen) atoms. The van der Waals surface area contributed by atoms with Crippen molar-refractivity contribution in [2.75, 3.05) is 14.2 Å². The number of rotatable bonds is 6.